The fourth-order valence-electron chi connectivity index (χ4n) is 3.48. The summed E-state index contributed by atoms with van der Waals surface area (Å²) < 4.78 is 0. The van der Waals surface area contributed by atoms with Gasteiger partial charge in [-0.2, -0.15) is 0 Å². The second kappa shape index (κ2) is 4.60. The van der Waals surface area contributed by atoms with E-state index in [0.717, 1.165) is 5.82 Å². The largest absolute Gasteiger partial charge is 0.367 e. The minimum Gasteiger partial charge on any atom is -0.367 e. The Kier molecular flexibility index (Phi) is 3.05. The highest BCUT2D eigenvalue weighted by Crippen LogP contribution is 2.48. The van der Waals surface area contributed by atoms with E-state index >= 15 is 0 Å². The molecular weight excluding hydrogens is 238 g/mol. The first-order valence-electron chi connectivity index (χ1n) is 6.98. The van der Waals surface area contributed by atoms with Crippen LogP contribution < -0.4 is 5.32 Å². The molecule has 3 rings (SSSR count). The molecule has 4 heteroatoms. The molecule has 0 amide bonds. The summed E-state index contributed by atoms with van der Waals surface area (Å²) >= 11 is 0. The van der Waals surface area contributed by atoms with Crippen molar-refractivity contribution in [1.82, 2.24) is 9.88 Å². The molecule has 1 spiro atoms. The summed E-state index contributed by atoms with van der Waals surface area (Å²) in [6, 6.07) is 4.29. The zero-order valence-corrected chi connectivity index (χ0v) is 11.6. The van der Waals surface area contributed by atoms with Crippen molar-refractivity contribution in [3.63, 3.8) is 0 Å². The van der Waals surface area contributed by atoms with Crippen LogP contribution >= 0.6 is 0 Å². The number of ketones is 1. The number of Topliss-reactive ketones (excluding diaryl/α,β-unsaturated/α-hetero) is 1. The summed E-state index contributed by atoms with van der Waals surface area (Å²) in [5.41, 5.74) is 1.24. The molecule has 2 aliphatic rings. The molecule has 102 valence electrons. The first-order chi connectivity index (χ1) is 9.06. The minimum absolute atomic E-state index is 0.0654. The van der Waals surface area contributed by atoms with E-state index < -0.39 is 0 Å². The zero-order valence-electron chi connectivity index (χ0n) is 11.6. The Balaban J connectivity index is 1.55. The van der Waals surface area contributed by atoms with Crippen molar-refractivity contribution in [2.45, 2.75) is 32.2 Å². The van der Waals surface area contributed by atoms with Crippen molar-refractivity contribution in [1.29, 1.82) is 0 Å². The van der Waals surface area contributed by atoms with Gasteiger partial charge in [-0.05, 0) is 57.3 Å². The summed E-state index contributed by atoms with van der Waals surface area (Å²) in [5, 5.41) is 3.47. The number of carbonyl (C=O) groups excluding carboxylic acids is 1. The zero-order chi connectivity index (χ0) is 13.5. The van der Waals surface area contributed by atoms with Crippen molar-refractivity contribution in [2.24, 2.45) is 5.41 Å². The van der Waals surface area contributed by atoms with Gasteiger partial charge in [-0.25, -0.2) is 4.98 Å². The molecule has 1 saturated heterocycles. The smallest absolute Gasteiger partial charge is 0.161 e. The molecule has 1 aliphatic heterocycles. The quantitative estimate of drug-likeness (QED) is 0.845. The van der Waals surface area contributed by atoms with E-state index in [1.54, 1.807) is 13.1 Å². The van der Waals surface area contributed by atoms with Gasteiger partial charge in [0.25, 0.3) is 0 Å². The van der Waals surface area contributed by atoms with Crippen LogP contribution in [0.2, 0.25) is 0 Å². The maximum Gasteiger partial charge on any atom is 0.161 e. The number of hydrogen-bond donors (Lipinski definition) is 1. The number of nitrogens with one attached hydrogen (secondary N) is 1. The topological polar surface area (TPSA) is 45.2 Å². The van der Waals surface area contributed by atoms with E-state index in [1.807, 2.05) is 12.1 Å². The van der Waals surface area contributed by atoms with Crippen molar-refractivity contribution in [3.8, 4) is 0 Å². The van der Waals surface area contributed by atoms with Crippen LogP contribution in [-0.4, -0.2) is 41.8 Å². The van der Waals surface area contributed by atoms with Gasteiger partial charge in [-0.1, -0.05) is 0 Å². The predicted octanol–water partition coefficient (Wildman–Crippen LogP) is 2.18. The maximum absolute atomic E-state index is 11.2. The molecule has 2 heterocycles. The van der Waals surface area contributed by atoms with Crippen LogP contribution in [0.1, 0.15) is 36.5 Å². The van der Waals surface area contributed by atoms with E-state index in [2.05, 4.69) is 22.2 Å². The molecule has 19 heavy (non-hydrogen) atoms. The molecule has 1 aliphatic carbocycles. The molecule has 0 bridgehead atoms. The average Bonchev–Trinajstić information content (AvgIpc) is 2.72. The van der Waals surface area contributed by atoms with E-state index in [-0.39, 0.29) is 5.78 Å². The summed E-state index contributed by atoms with van der Waals surface area (Å²) in [4.78, 5) is 17.9. The van der Waals surface area contributed by atoms with Crippen molar-refractivity contribution in [2.75, 3.05) is 25.5 Å². The van der Waals surface area contributed by atoms with E-state index in [0.29, 0.717) is 17.0 Å². The number of pyridine rings is 1. The summed E-state index contributed by atoms with van der Waals surface area (Å²) in [5.74, 6) is 0.951. The Morgan fingerprint density at radius 1 is 1.47 bits per heavy atom. The van der Waals surface area contributed by atoms with Crippen LogP contribution in [0, 0.1) is 5.41 Å². The van der Waals surface area contributed by atoms with Gasteiger partial charge in [-0.3, -0.25) is 4.79 Å². The predicted molar refractivity (Wildman–Crippen MR) is 75.4 cm³/mol. The van der Waals surface area contributed by atoms with E-state index in [1.165, 1.54) is 32.4 Å². The van der Waals surface area contributed by atoms with Gasteiger partial charge in [0.05, 0.1) is 0 Å². The van der Waals surface area contributed by atoms with Crippen LogP contribution in [-0.2, 0) is 0 Å². The molecule has 0 unspecified atom stereocenters. The van der Waals surface area contributed by atoms with Gasteiger partial charge in [0, 0.05) is 24.3 Å². The number of rotatable bonds is 3. The Labute approximate surface area is 114 Å². The Morgan fingerprint density at radius 3 is 2.79 bits per heavy atom. The molecule has 1 saturated carbocycles. The molecule has 2 fully saturated rings. The van der Waals surface area contributed by atoms with Crippen LogP contribution in [0.4, 0.5) is 5.82 Å². The summed E-state index contributed by atoms with van der Waals surface area (Å²) in [7, 11) is 2.21. The highest BCUT2D eigenvalue weighted by Gasteiger charge is 2.47. The number of carbonyl (C=O) groups is 1. The highest BCUT2D eigenvalue weighted by molar-refractivity contribution is 5.93. The normalized spacial score (nSPS) is 30.3. The standard InChI is InChI=1S/C15H21N3O/c1-11(19)12-3-4-14(16-9-12)17-13-7-15(8-13)5-6-18(2)10-15/h3-4,9,13H,5-8,10H2,1-2H3,(H,16,17). The van der Waals surface area contributed by atoms with Crippen LogP contribution in [0.3, 0.4) is 0 Å². The van der Waals surface area contributed by atoms with Crippen molar-refractivity contribution in [3.05, 3.63) is 23.9 Å². The van der Waals surface area contributed by atoms with Crippen LogP contribution in [0.5, 0.6) is 0 Å². The second-order valence-corrected chi connectivity index (χ2v) is 6.23. The van der Waals surface area contributed by atoms with Gasteiger partial charge in [0.15, 0.2) is 5.78 Å². The number of aromatic nitrogens is 1. The summed E-state index contributed by atoms with van der Waals surface area (Å²) in [6.07, 6.45) is 5.47. The monoisotopic (exact) mass is 259 g/mol. The molecule has 1 aromatic heterocycles. The second-order valence-electron chi connectivity index (χ2n) is 6.23. The molecule has 0 radical (unpaired) electrons. The van der Waals surface area contributed by atoms with Gasteiger partial charge in [0.2, 0.25) is 0 Å². The molecule has 1 N–H and O–H groups in total. The molecular formula is C15H21N3O. The fraction of sp³-hybridized carbons (Fsp3) is 0.600. The third kappa shape index (κ3) is 2.50. The lowest BCUT2D eigenvalue weighted by molar-refractivity contribution is 0.101. The van der Waals surface area contributed by atoms with Crippen LogP contribution in [0.25, 0.3) is 0 Å². The van der Waals surface area contributed by atoms with Gasteiger partial charge in [-0.15, -0.1) is 0 Å². The minimum atomic E-state index is 0.0654. The molecule has 0 aromatic carbocycles. The lowest BCUT2D eigenvalue weighted by atomic mass is 9.65. The average molecular weight is 259 g/mol. The first kappa shape index (κ1) is 12.6. The molecule has 4 nitrogen and oxygen atoms in total. The number of likely N-dealkylation sites (tertiary alicyclic amines) is 1. The van der Waals surface area contributed by atoms with Gasteiger partial charge >= 0.3 is 0 Å². The van der Waals surface area contributed by atoms with Crippen molar-refractivity contribution >= 4 is 11.6 Å². The van der Waals surface area contributed by atoms with E-state index in [9.17, 15) is 4.79 Å². The number of hydrogen-bond acceptors (Lipinski definition) is 4. The molecule has 1 aromatic rings. The number of nitrogens with zero attached hydrogens (tertiary/aromatic N) is 2. The van der Waals surface area contributed by atoms with E-state index in [4.69, 9.17) is 0 Å². The fourth-order valence-corrected chi connectivity index (χ4v) is 3.48. The lowest BCUT2D eigenvalue weighted by Gasteiger charge is -2.45. The molecule has 0 atom stereocenters. The SMILES string of the molecule is CC(=O)c1ccc(NC2CC3(CCN(C)C3)C2)nc1. The van der Waals surface area contributed by atoms with Gasteiger partial charge < -0.3 is 10.2 Å². The first-order valence-corrected chi connectivity index (χ1v) is 6.98. The Hall–Kier alpha value is -1.42. The lowest BCUT2D eigenvalue weighted by Crippen LogP contribution is -2.46. The third-order valence-electron chi connectivity index (χ3n) is 4.51. The number of anilines is 1. The van der Waals surface area contributed by atoms with Crippen LogP contribution in [0.15, 0.2) is 18.3 Å². The Bertz CT molecular complexity index is 477. The van der Waals surface area contributed by atoms with Crippen molar-refractivity contribution < 1.29 is 4.79 Å². The van der Waals surface area contributed by atoms with Gasteiger partial charge in [0.1, 0.15) is 5.82 Å². The highest BCUT2D eigenvalue weighted by atomic mass is 16.1. The summed E-state index contributed by atoms with van der Waals surface area (Å²) in [6.45, 7) is 4.04. The Morgan fingerprint density at radius 2 is 2.26 bits per heavy atom. The third-order valence-corrected chi connectivity index (χ3v) is 4.51. The maximum atomic E-state index is 11.2.